The standard InChI is InChI=1S/C17H27N3O4S/c1-4-13(11-18-25(3,22)23)19-17(21)20-16-7-5-6-12-8-9-14(24-2)10-15(12)16/h8-10,13,16,18H,4-7,11H2,1-3H3,(H2,19,20,21)/t13?,16-/m0/s1. The van der Waals surface area contributed by atoms with Crippen LogP contribution in [0.5, 0.6) is 5.75 Å². The Bertz CT molecular complexity index is 706. The van der Waals surface area contributed by atoms with E-state index in [1.165, 1.54) is 5.56 Å². The minimum Gasteiger partial charge on any atom is -0.497 e. The van der Waals surface area contributed by atoms with Gasteiger partial charge in [-0.25, -0.2) is 17.9 Å². The van der Waals surface area contributed by atoms with Gasteiger partial charge in [0.05, 0.1) is 19.4 Å². The van der Waals surface area contributed by atoms with E-state index in [2.05, 4.69) is 15.4 Å². The van der Waals surface area contributed by atoms with E-state index in [1.807, 2.05) is 25.1 Å². The number of carbonyl (C=O) groups excluding carboxylic acids is 1. The maximum atomic E-state index is 12.3. The Balaban J connectivity index is 1.99. The van der Waals surface area contributed by atoms with E-state index in [4.69, 9.17) is 4.74 Å². The molecule has 1 aromatic rings. The summed E-state index contributed by atoms with van der Waals surface area (Å²) >= 11 is 0. The summed E-state index contributed by atoms with van der Waals surface area (Å²) in [5.41, 5.74) is 2.31. The molecule has 3 N–H and O–H groups in total. The van der Waals surface area contributed by atoms with Crippen molar-refractivity contribution in [2.24, 2.45) is 0 Å². The minimum absolute atomic E-state index is 0.0702. The molecular formula is C17H27N3O4S. The summed E-state index contributed by atoms with van der Waals surface area (Å²) in [7, 11) is -1.65. The van der Waals surface area contributed by atoms with Gasteiger partial charge < -0.3 is 15.4 Å². The van der Waals surface area contributed by atoms with Crippen LogP contribution in [0.2, 0.25) is 0 Å². The number of nitrogens with one attached hydrogen (secondary N) is 3. The SMILES string of the molecule is CCC(CNS(C)(=O)=O)NC(=O)N[C@H]1CCCc2ccc(OC)cc21. The third-order valence-electron chi connectivity index (χ3n) is 4.39. The molecule has 0 saturated carbocycles. The third-order valence-corrected chi connectivity index (χ3v) is 5.08. The fourth-order valence-corrected chi connectivity index (χ4v) is 3.49. The zero-order valence-electron chi connectivity index (χ0n) is 15.0. The van der Waals surface area contributed by atoms with E-state index in [0.29, 0.717) is 6.42 Å². The zero-order chi connectivity index (χ0) is 18.4. The Morgan fingerprint density at radius 2 is 2.16 bits per heavy atom. The molecule has 2 amide bonds. The fourth-order valence-electron chi connectivity index (χ4n) is 2.99. The lowest BCUT2D eigenvalue weighted by Crippen LogP contribution is -2.48. The van der Waals surface area contributed by atoms with E-state index in [-0.39, 0.29) is 24.7 Å². The molecule has 0 spiro atoms. The normalized spacial score (nSPS) is 18.1. The average molecular weight is 369 g/mol. The van der Waals surface area contributed by atoms with Crippen molar-refractivity contribution in [2.45, 2.75) is 44.7 Å². The average Bonchev–Trinajstić information content (AvgIpc) is 2.57. The molecule has 25 heavy (non-hydrogen) atoms. The number of hydrogen-bond acceptors (Lipinski definition) is 4. The van der Waals surface area contributed by atoms with Crippen LogP contribution in [0.3, 0.4) is 0 Å². The monoisotopic (exact) mass is 369 g/mol. The Morgan fingerprint density at radius 3 is 2.80 bits per heavy atom. The highest BCUT2D eigenvalue weighted by molar-refractivity contribution is 7.88. The number of methoxy groups -OCH3 is 1. The largest absolute Gasteiger partial charge is 0.497 e. The maximum Gasteiger partial charge on any atom is 0.315 e. The van der Waals surface area contributed by atoms with Crippen molar-refractivity contribution in [1.29, 1.82) is 0 Å². The highest BCUT2D eigenvalue weighted by atomic mass is 32.2. The van der Waals surface area contributed by atoms with E-state index < -0.39 is 10.0 Å². The number of rotatable bonds is 7. The number of sulfonamides is 1. The third kappa shape index (κ3) is 5.89. The minimum atomic E-state index is -3.28. The van der Waals surface area contributed by atoms with Crippen LogP contribution < -0.4 is 20.1 Å². The van der Waals surface area contributed by atoms with Gasteiger partial charge in [-0.15, -0.1) is 0 Å². The first kappa shape index (κ1) is 19.5. The number of amides is 2. The number of benzene rings is 1. The molecule has 0 heterocycles. The number of ether oxygens (including phenoxy) is 1. The summed E-state index contributed by atoms with van der Waals surface area (Å²) in [4.78, 5) is 12.3. The topological polar surface area (TPSA) is 96.5 Å². The first-order valence-corrected chi connectivity index (χ1v) is 10.4. The fraction of sp³-hybridized carbons (Fsp3) is 0.588. The highest BCUT2D eigenvalue weighted by Crippen LogP contribution is 2.32. The summed E-state index contributed by atoms with van der Waals surface area (Å²) in [6.45, 7) is 2.08. The molecule has 1 unspecified atom stereocenters. The van der Waals surface area contributed by atoms with Gasteiger partial charge in [-0.05, 0) is 48.9 Å². The van der Waals surface area contributed by atoms with Gasteiger partial charge in [0.15, 0.2) is 0 Å². The maximum absolute atomic E-state index is 12.3. The van der Waals surface area contributed by atoms with Gasteiger partial charge in [0, 0.05) is 12.6 Å². The molecule has 0 saturated heterocycles. The second-order valence-electron chi connectivity index (χ2n) is 6.35. The van der Waals surface area contributed by atoms with Crippen molar-refractivity contribution in [3.8, 4) is 5.75 Å². The van der Waals surface area contributed by atoms with Crippen LogP contribution >= 0.6 is 0 Å². The van der Waals surface area contributed by atoms with Gasteiger partial charge in [0.1, 0.15) is 5.75 Å². The summed E-state index contributed by atoms with van der Waals surface area (Å²) in [6, 6.07) is 5.34. The Kier molecular flexibility index (Phi) is 6.66. The van der Waals surface area contributed by atoms with Gasteiger partial charge in [0.25, 0.3) is 0 Å². The van der Waals surface area contributed by atoms with Crippen LogP contribution in [-0.2, 0) is 16.4 Å². The summed E-state index contributed by atoms with van der Waals surface area (Å²) in [5.74, 6) is 0.775. The molecule has 1 aliphatic rings. The van der Waals surface area contributed by atoms with Gasteiger partial charge in [-0.2, -0.15) is 0 Å². The molecular weight excluding hydrogens is 342 g/mol. The van der Waals surface area contributed by atoms with Crippen LogP contribution in [0, 0.1) is 0 Å². The molecule has 0 aliphatic heterocycles. The second kappa shape index (κ2) is 8.53. The molecule has 0 aromatic heterocycles. The number of carbonyl (C=O) groups is 1. The highest BCUT2D eigenvalue weighted by Gasteiger charge is 2.23. The van der Waals surface area contributed by atoms with Crippen molar-refractivity contribution in [1.82, 2.24) is 15.4 Å². The van der Waals surface area contributed by atoms with E-state index in [0.717, 1.165) is 36.8 Å². The van der Waals surface area contributed by atoms with Crippen molar-refractivity contribution in [3.63, 3.8) is 0 Å². The molecule has 0 bridgehead atoms. The lowest BCUT2D eigenvalue weighted by Gasteiger charge is -2.28. The van der Waals surface area contributed by atoms with Gasteiger partial charge >= 0.3 is 6.03 Å². The molecule has 2 atom stereocenters. The second-order valence-corrected chi connectivity index (χ2v) is 8.19. The van der Waals surface area contributed by atoms with Gasteiger partial charge in [-0.1, -0.05) is 13.0 Å². The van der Waals surface area contributed by atoms with Crippen molar-refractivity contribution in [3.05, 3.63) is 29.3 Å². The first-order valence-electron chi connectivity index (χ1n) is 8.51. The Labute approximate surface area is 149 Å². The smallest absolute Gasteiger partial charge is 0.315 e. The lowest BCUT2D eigenvalue weighted by atomic mass is 9.87. The van der Waals surface area contributed by atoms with Gasteiger partial charge in [-0.3, -0.25) is 0 Å². The zero-order valence-corrected chi connectivity index (χ0v) is 15.8. The Morgan fingerprint density at radius 1 is 1.40 bits per heavy atom. The van der Waals surface area contributed by atoms with Crippen LogP contribution in [-0.4, -0.2) is 40.4 Å². The summed E-state index contributed by atoms with van der Waals surface area (Å²) in [6.07, 6.45) is 4.61. The molecule has 140 valence electrons. The predicted octanol–water partition coefficient (Wildman–Crippen LogP) is 1.70. The molecule has 0 fully saturated rings. The van der Waals surface area contributed by atoms with Crippen LogP contribution in [0.1, 0.15) is 43.4 Å². The molecule has 0 radical (unpaired) electrons. The molecule has 1 aromatic carbocycles. The van der Waals surface area contributed by atoms with E-state index in [9.17, 15) is 13.2 Å². The van der Waals surface area contributed by atoms with Crippen LogP contribution in [0.15, 0.2) is 18.2 Å². The number of hydrogen-bond donors (Lipinski definition) is 3. The number of fused-ring (bicyclic) bond motifs is 1. The van der Waals surface area contributed by atoms with Crippen molar-refractivity contribution >= 4 is 16.1 Å². The first-order chi connectivity index (χ1) is 11.8. The molecule has 8 heteroatoms. The van der Waals surface area contributed by atoms with Gasteiger partial charge in [0.2, 0.25) is 10.0 Å². The van der Waals surface area contributed by atoms with Crippen LogP contribution in [0.25, 0.3) is 0 Å². The quantitative estimate of drug-likeness (QED) is 0.681. The van der Waals surface area contributed by atoms with E-state index in [1.54, 1.807) is 7.11 Å². The van der Waals surface area contributed by atoms with Crippen LogP contribution in [0.4, 0.5) is 4.79 Å². The predicted molar refractivity (Wildman–Crippen MR) is 97.3 cm³/mol. The van der Waals surface area contributed by atoms with Crippen molar-refractivity contribution < 1.29 is 17.9 Å². The Hall–Kier alpha value is -1.80. The number of aryl methyl sites for hydroxylation is 1. The molecule has 1 aliphatic carbocycles. The molecule has 7 nitrogen and oxygen atoms in total. The summed E-state index contributed by atoms with van der Waals surface area (Å²) < 4.78 is 30.1. The van der Waals surface area contributed by atoms with E-state index >= 15 is 0 Å². The summed E-state index contributed by atoms with van der Waals surface area (Å²) in [5, 5.41) is 5.84. The number of urea groups is 1. The van der Waals surface area contributed by atoms with Crippen molar-refractivity contribution in [2.75, 3.05) is 19.9 Å². The lowest BCUT2D eigenvalue weighted by molar-refractivity contribution is 0.231. The molecule has 2 rings (SSSR count).